The summed E-state index contributed by atoms with van der Waals surface area (Å²) in [6.45, 7) is 12.6. The number of Topliss-reactive ketones (excluding diaryl/α,β-unsaturated/α-hetero) is 2. The normalized spacial score (nSPS) is 38.2. The highest BCUT2D eigenvalue weighted by molar-refractivity contribution is 6.39. The first-order valence-corrected chi connectivity index (χ1v) is 23.9. The third kappa shape index (κ3) is 13.0. The average molecular weight is 923 g/mol. The molecule has 13 nitrogen and oxygen atoms in total. The second-order valence-corrected chi connectivity index (χ2v) is 19.2. The van der Waals surface area contributed by atoms with Crippen molar-refractivity contribution < 1.29 is 57.5 Å². The Morgan fingerprint density at radius 3 is 2.38 bits per heavy atom. The summed E-state index contributed by atoms with van der Waals surface area (Å²) in [6.07, 6.45) is 5.68. The highest BCUT2D eigenvalue weighted by atomic mass is 19.1. The molecule has 0 spiro atoms. The molecule has 66 heavy (non-hydrogen) atoms. The number of ether oxygens (including phenoxy) is 5. The average Bonchev–Trinajstić information content (AvgIpc) is 3.31. The molecule has 3 aliphatic heterocycles. The molecule has 2 saturated heterocycles. The number of cyclic esters (lactones) is 1. The van der Waals surface area contributed by atoms with Gasteiger partial charge in [-0.3, -0.25) is 14.4 Å². The van der Waals surface area contributed by atoms with E-state index in [0.29, 0.717) is 43.4 Å². The van der Waals surface area contributed by atoms with Crippen molar-refractivity contribution in [1.82, 2.24) is 4.90 Å². The lowest BCUT2D eigenvalue weighted by molar-refractivity contribution is -0.302. The minimum atomic E-state index is -2.62. The fraction of sp³-hybridized carbons (Fsp3) is 0.654. The molecule has 4 aliphatic rings. The summed E-state index contributed by atoms with van der Waals surface area (Å²) in [5, 5.41) is 23.9. The lowest BCUT2D eigenvalue weighted by atomic mass is 9.81. The molecule has 1 saturated carbocycles. The van der Waals surface area contributed by atoms with E-state index in [1.165, 1.54) is 14.2 Å². The number of hydrogen-bond acceptors (Lipinski definition) is 12. The molecule has 366 valence electrons. The fourth-order valence-corrected chi connectivity index (χ4v) is 10.2. The number of hydrogen-bond donors (Lipinski definition) is 3. The van der Waals surface area contributed by atoms with Crippen molar-refractivity contribution in [3.8, 4) is 0 Å². The van der Waals surface area contributed by atoms with Crippen molar-refractivity contribution in [2.45, 2.75) is 159 Å². The summed E-state index contributed by atoms with van der Waals surface area (Å²) >= 11 is 0. The number of nitrogens with zero attached hydrogens (tertiary/aromatic N) is 1. The lowest BCUT2D eigenvalue weighted by Crippen LogP contribution is -2.64. The van der Waals surface area contributed by atoms with Gasteiger partial charge in [0.1, 0.15) is 30.2 Å². The number of methoxy groups -OCH3 is 2. The number of esters is 1. The second-order valence-electron chi connectivity index (χ2n) is 19.2. The zero-order valence-electron chi connectivity index (χ0n) is 40.0. The number of nitrogens with two attached hydrogens (primary N) is 1. The minimum absolute atomic E-state index is 0.0216. The molecule has 15 unspecified atom stereocenters. The van der Waals surface area contributed by atoms with Crippen LogP contribution in [-0.2, 0) is 42.9 Å². The number of carbonyl (C=O) groups excluding carboxylic acids is 4. The van der Waals surface area contributed by atoms with Crippen molar-refractivity contribution in [3.63, 3.8) is 0 Å². The van der Waals surface area contributed by atoms with Crippen molar-refractivity contribution in [2.75, 3.05) is 27.4 Å². The van der Waals surface area contributed by atoms with E-state index in [2.05, 4.69) is 6.58 Å². The first kappa shape index (κ1) is 53.1. The van der Waals surface area contributed by atoms with Crippen LogP contribution in [0.25, 0.3) is 6.08 Å². The van der Waals surface area contributed by atoms with Crippen molar-refractivity contribution in [2.24, 2.45) is 35.3 Å². The summed E-state index contributed by atoms with van der Waals surface area (Å²) in [7, 11) is 2.88. The van der Waals surface area contributed by atoms with E-state index in [-0.39, 0.29) is 62.5 Å². The van der Waals surface area contributed by atoms with Crippen molar-refractivity contribution in [3.05, 3.63) is 77.9 Å². The van der Waals surface area contributed by atoms with Gasteiger partial charge >= 0.3 is 5.97 Å². The number of piperidine rings is 1. The number of allylic oxidation sites excluding steroid dienone is 4. The quantitative estimate of drug-likeness (QED) is 0.129. The number of carbonyl (C=O) groups is 4. The molecule has 3 heterocycles. The summed E-state index contributed by atoms with van der Waals surface area (Å²) < 4.78 is 46.8. The van der Waals surface area contributed by atoms with Crippen LogP contribution in [0.15, 0.2) is 72.4 Å². The molecule has 2 bridgehead atoms. The van der Waals surface area contributed by atoms with E-state index in [1.807, 2.05) is 55.5 Å². The molecule has 15 atom stereocenters. The molecule has 0 radical (unpaired) electrons. The molecule has 14 heteroatoms. The van der Waals surface area contributed by atoms with Gasteiger partial charge in [-0.25, -0.2) is 9.18 Å². The fourth-order valence-electron chi connectivity index (χ4n) is 10.2. The highest BCUT2D eigenvalue weighted by Crippen LogP contribution is 2.39. The monoisotopic (exact) mass is 923 g/mol. The molecule has 0 aromatic heterocycles. The van der Waals surface area contributed by atoms with Gasteiger partial charge < -0.3 is 44.5 Å². The van der Waals surface area contributed by atoms with Crippen LogP contribution in [0.1, 0.15) is 104 Å². The summed E-state index contributed by atoms with van der Waals surface area (Å²) in [6, 6.07) is 8.54. The Hall–Kier alpha value is -3.89. The Morgan fingerprint density at radius 1 is 1.00 bits per heavy atom. The largest absolute Gasteiger partial charge is 0.456 e. The third-order valence-corrected chi connectivity index (χ3v) is 14.4. The van der Waals surface area contributed by atoms with Crippen LogP contribution in [0.5, 0.6) is 0 Å². The van der Waals surface area contributed by atoms with Crippen molar-refractivity contribution in [1.29, 1.82) is 0 Å². The number of halogens is 1. The first-order chi connectivity index (χ1) is 31.4. The summed E-state index contributed by atoms with van der Waals surface area (Å²) in [4.78, 5) is 58.4. The molecule has 5 rings (SSSR count). The number of aliphatic hydroxyl groups is 2. The van der Waals surface area contributed by atoms with E-state index in [0.717, 1.165) is 16.9 Å². The lowest BCUT2D eigenvalue weighted by Gasteiger charge is -2.47. The van der Waals surface area contributed by atoms with Gasteiger partial charge in [-0.2, -0.15) is 0 Å². The van der Waals surface area contributed by atoms with Gasteiger partial charge in [0, 0.05) is 51.0 Å². The van der Waals surface area contributed by atoms with Crippen LogP contribution >= 0.6 is 0 Å². The maximum atomic E-state index is 16.4. The van der Waals surface area contributed by atoms with E-state index < -0.39 is 89.9 Å². The minimum Gasteiger partial charge on any atom is -0.456 e. The molecular formula is C52H75FN2O11. The molecule has 1 aromatic carbocycles. The molecule has 1 aromatic rings. The molecular weight excluding hydrogens is 848 g/mol. The standard InChI is InChI=1S/C52H75FN2O11/c1-9-16-38-26-31(2)46(53)32(3)27-44(62-7)48-45(63-8)28-34(5)52(61,66-48)49(58)50(59)55-23-14-13-20-40(55)51(60)65-47(35(6)41(56)30-42(38)57)33(4)25-37-21-22-39(54)43(29-37)64-24-15-19-36-17-11-10-12-18-36/h9-12,15,17-19,25-26,32,34-35,37-41,43-48,56,61H,1,13-14,16,20-24,27-30,54H2,2-8H3/b19-15?,31-26+,33-25?. The van der Waals surface area contributed by atoms with Crippen LogP contribution in [0.4, 0.5) is 4.39 Å². The smallest absolute Gasteiger partial charge is 0.329 e. The molecule has 4 N–H and O–H groups in total. The number of rotatable bonds is 10. The Morgan fingerprint density at radius 2 is 1.70 bits per heavy atom. The summed E-state index contributed by atoms with van der Waals surface area (Å²) in [5.41, 5.74) is 8.53. The van der Waals surface area contributed by atoms with Gasteiger partial charge in [-0.1, -0.05) is 81.5 Å². The predicted octanol–water partition coefficient (Wildman–Crippen LogP) is 6.64. The number of alkyl halides is 1. The molecule has 1 amide bonds. The number of fused-ring (bicyclic) bond motifs is 3. The van der Waals surface area contributed by atoms with Gasteiger partial charge in [0.25, 0.3) is 11.7 Å². The van der Waals surface area contributed by atoms with Crippen LogP contribution in [0.3, 0.4) is 0 Å². The third-order valence-electron chi connectivity index (χ3n) is 14.4. The van der Waals surface area contributed by atoms with Crippen LogP contribution in [-0.4, -0.2) is 127 Å². The maximum Gasteiger partial charge on any atom is 0.329 e. The number of aliphatic hydroxyl groups excluding tert-OH is 1. The first-order valence-electron chi connectivity index (χ1n) is 23.9. The Bertz CT molecular complexity index is 1910. The summed E-state index contributed by atoms with van der Waals surface area (Å²) in [5.74, 6) is -9.32. The number of amides is 1. The van der Waals surface area contributed by atoms with E-state index in [4.69, 9.17) is 29.4 Å². The molecule has 3 fully saturated rings. The second kappa shape index (κ2) is 24.4. The Balaban J connectivity index is 1.49. The Kier molecular flexibility index (Phi) is 19.6. The van der Waals surface area contributed by atoms with Gasteiger partial charge in [0.2, 0.25) is 5.79 Å². The van der Waals surface area contributed by atoms with Gasteiger partial charge in [-0.05, 0) is 100 Å². The molecule has 1 aliphatic carbocycles. The van der Waals surface area contributed by atoms with Crippen LogP contribution < -0.4 is 5.73 Å². The van der Waals surface area contributed by atoms with E-state index in [1.54, 1.807) is 39.8 Å². The maximum absolute atomic E-state index is 16.4. The highest BCUT2D eigenvalue weighted by Gasteiger charge is 2.57. The number of ketones is 2. The van der Waals surface area contributed by atoms with Gasteiger partial charge in [0.05, 0.1) is 31.0 Å². The van der Waals surface area contributed by atoms with E-state index >= 15 is 4.39 Å². The Labute approximate surface area is 391 Å². The van der Waals surface area contributed by atoms with E-state index in [9.17, 15) is 29.4 Å². The zero-order chi connectivity index (χ0) is 48.3. The predicted molar refractivity (Wildman–Crippen MR) is 249 cm³/mol. The zero-order valence-corrected chi connectivity index (χ0v) is 40.0. The number of benzene rings is 1. The van der Waals surface area contributed by atoms with Crippen molar-refractivity contribution >= 4 is 29.5 Å². The van der Waals surface area contributed by atoms with Gasteiger partial charge in [0.15, 0.2) is 0 Å². The van der Waals surface area contributed by atoms with Crippen LogP contribution in [0, 0.1) is 29.6 Å². The SMILES string of the molecule is C=CCC1/C=C(\C)C(F)C(C)CC(OC)C2OC(O)(C(=O)C(=O)N3CCCCC3C(=O)OC(C(C)=CC3CCC(N)C(OCC=Cc4ccccc4)C3)C(C)C(O)CC1=O)C(C)CC2OC. The van der Waals surface area contributed by atoms with Gasteiger partial charge in [-0.15, -0.1) is 6.58 Å². The topological polar surface area (TPSA) is 184 Å². The van der Waals surface area contributed by atoms with Crippen LogP contribution in [0.2, 0.25) is 0 Å².